The highest BCUT2D eigenvalue weighted by Gasteiger charge is 2.23. The van der Waals surface area contributed by atoms with Crippen molar-refractivity contribution in [1.82, 2.24) is 9.62 Å². The van der Waals surface area contributed by atoms with Gasteiger partial charge in [-0.05, 0) is 44.3 Å². The lowest BCUT2D eigenvalue weighted by atomic mass is 10.1. The molecule has 94 valence electrons. The lowest BCUT2D eigenvalue weighted by Gasteiger charge is -2.30. The highest BCUT2D eigenvalue weighted by Crippen LogP contribution is 2.21. The summed E-state index contributed by atoms with van der Waals surface area (Å²) in [6.07, 6.45) is 1.50. The molecule has 0 aromatic heterocycles. The molecule has 4 nitrogen and oxygen atoms in total. The number of piperidine rings is 1. The Morgan fingerprint density at radius 2 is 2.00 bits per heavy atom. The second-order valence-corrected chi connectivity index (χ2v) is 5.99. The van der Waals surface area contributed by atoms with Crippen molar-refractivity contribution in [2.75, 3.05) is 13.1 Å². The molecule has 0 unspecified atom stereocenters. The summed E-state index contributed by atoms with van der Waals surface area (Å²) in [6.45, 7) is 7.38. The summed E-state index contributed by atoms with van der Waals surface area (Å²) in [7, 11) is 5.65. The molecule has 1 aliphatic heterocycles. The maximum atomic E-state index is 11.5. The zero-order valence-corrected chi connectivity index (χ0v) is 11.5. The van der Waals surface area contributed by atoms with Crippen molar-refractivity contribution in [1.29, 1.82) is 0 Å². The molecule has 1 fully saturated rings. The van der Waals surface area contributed by atoms with Crippen LogP contribution in [0.4, 0.5) is 4.79 Å². The average Bonchev–Trinajstić information content (AvgIpc) is 2.16. The molecule has 0 aliphatic carbocycles. The number of nitrogens with one attached hydrogen (secondary N) is 1. The van der Waals surface area contributed by atoms with E-state index in [1.54, 1.807) is 0 Å². The van der Waals surface area contributed by atoms with Gasteiger partial charge in [0.2, 0.25) is 0 Å². The quantitative estimate of drug-likeness (QED) is 0.781. The van der Waals surface area contributed by atoms with Crippen LogP contribution >= 0.6 is 21.8 Å². The third-order valence-corrected chi connectivity index (χ3v) is 3.42. The predicted molar refractivity (Wildman–Crippen MR) is 67.4 cm³/mol. The van der Waals surface area contributed by atoms with Crippen LogP contribution in [0.5, 0.6) is 0 Å². The van der Waals surface area contributed by atoms with Crippen molar-refractivity contribution in [3.8, 4) is 0 Å². The van der Waals surface area contributed by atoms with E-state index in [1.807, 2.05) is 20.8 Å². The molecule has 1 aliphatic rings. The van der Waals surface area contributed by atoms with E-state index in [-0.39, 0.29) is 12.1 Å². The summed E-state index contributed by atoms with van der Waals surface area (Å²) in [6, 6.07) is 0.204. The fourth-order valence-electron chi connectivity index (χ4n) is 1.54. The molecule has 0 aromatic rings. The largest absolute Gasteiger partial charge is 0.444 e. The Labute approximate surface area is 106 Å². The number of ether oxygens (including phenoxy) is 1. The summed E-state index contributed by atoms with van der Waals surface area (Å²) < 4.78 is 7.28. The van der Waals surface area contributed by atoms with Crippen LogP contribution in [0.1, 0.15) is 33.6 Å². The summed E-state index contributed by atoms with van der Waals surface area (Å²) in [5, 5.41) is 2.88. The molecular weight excluding hydrogens is 248 g/mol. The van der Waals surface area contributed by atoms with Gasteiger partial charge in [-0.25, -0.2) is 9.10 Å². The van der Waals surface area contributed by atoms with E-state index in [0.717, 1.165) is 25.9 Å². The molecule has 16 heavy (non-hydrogen) atoms. The Bertz CT molecular complexity index is 237. The Kier molecular flexibility index (Phi) is 5.21. The molecule has 1 heterocycles. The van der Waals surface area contributed by atoms with E-state index >= 15 is 0 Å². The van der Waals surface area contributed by atoms with Gasteiger partial charge in [0, 0.05) is 30.3 Å². The molecule has 0 aromatic carbocycles. The van der Waals surface area contributed by atoms with Crippen LogP contribution in [-0.4, -0.2) is 35.1 Å². The molecule has 1 N–H and O–H groups in total. The summed E-state index contributed by atoms with van der Waals surface area (Å²) in [5.41, 5.74) is -0.434. The minimum Gasteiger partial charge on any atom is -0.444 e. The summed E-state index contributed by atoms with van der Waals surface area (Å²) in [5.74, 6) is 0. The SMILES string of the molecule is CC(C)(C)OC(=O)NC1CCN(SCl)CC1. The molecule has 0 spiro atoms. The molecule has 1 amide bonds. The average molecular weight is 267 g/mol. The predicted octanol–water partition coefficient (Wildman–Crippen LogP) is 2.78. The number of hydrogen-bond acceptors (Lipinski definition) is 4. The molecule has 0 saturated carbocycles. The van der Waals surface area contributed by atoms with Gasteiger partial charge in [0.25, 0.3) is 0 Å². The molecular formula is C10H19ClN2O2S. The van der Waals surface area contributed by atoms with Crippen molar-refractivity contribution in [2.45, 2.75) is 45.3 Å². The van der Waals surface area contributed by atoms with E-state index < -0.39 is 5.60 Å². The van der Waals surface area contributed by atoms with Gasteiger partial charge in [-0.1, -0.05) is 0 Å². The van der Waals surface area contributed by atoms with E-state index in [9.17, 15) is 4.79 Å². The van der Waals surface area contributed by atoms with Crippen molar-refractivity contribution < 1.29 is 9.53 Å². The van der Waals surface area contributed by atoms with Gasteiger partial charge < -0.3 is 10.1 Å². The first-order valence-corrected chi connectivity index (χ1v) is 7.04. The van der Waals surface area contributed by atoms with Crippen LogP contribution in [0.15, 0.2) is 0 Å². The number of hydrogen-bond donors (Lipinski definition) is 1. The normalized spacial score (nSPS) is 19.5. The number of alkyl carbamates (subject to hydrolysis) is 1. The number of halogens is 1. The lowest BCUT2D eigenvalue weighted by molar-refractivity contribution is 0.0490. The van der Waals surface area contributed by atoms with E-state index in [2.05, 4.69) is 9.62 Å². The first kappa shape index (κ1) is 13.9. The lowest BCUT2D eigenvalue weighted by Crippen LogP contribution is -2.44. The summed E-state index contributed by atoms with van der Waals surface area (Å²) >= 11 is 1.24. The molecule has 1 saturated heterocycles. The molecule has 0 bridgehead atoms. The number of amides is 1. The van der Waals surface area contributed by atoms with Crippen LogP contribution in [0.25, 0.3) is 0 Å². The van der Waals surface area contributed by atoms with E-state index in [4.69, 9.17) is 15.4 Å². The zero-order chi connectivity index (χ0) is 12.2. The monoisotopic (exact) mass is 266 g/mol. The minimum absolute atomic E-state index is 0.204. The Hall–Kier alpha value is -0.130. The van der Waals surface area contributed by atoms with Crippen molar-refractivity contribution in [3.63, 3.8) is 0 Å². The van der Waals surface area contributed by atoms with E-state index in [0.29, 0.717) is 0 Å². The van der Waals surface area contributed by atoms with E-state index in [1.165, 1.54) is 11.2 Å². The van der Waals surface area contributed by atoms with Crippen LogP contribution in [0.2, 0.25) is 0 Å². The Morgan fingerprint density at radius 1 is 1.44 bits per heavy atom. The minimum atomic E-state index is -0.434. The first-order chi connectivity index (χ1) is 7.40. The second kappa shape index (κ2) is 5.98. The highest BCUT2D eigenvalue weighted by atomic mass is 35.7. The zero-order valence-electron chi connectivity index (χ0n) is 9.96. The maximum Gasteiger partial charge on any atom is 0.407 e. The fourth-order valence-corrected chi connectivity index (χ4v) is 2.31. The Morgan fingerprint density at radius 3 is 2.44 bits per heavy atom. The van der Waals surface area contributed by atoms with Crippen LogP contribution in [-0.2, 0) is 4.74 Å². The standard InChI is InChI=1S/C10H19ClN2O2S/c1-10(2,3)15-9(14)12-8-4-6-13(16-11)7-5-8/h8H,4-7H2,1-3H3,(H,12,14). The van der Waals surface area contributed by atoms with Gasteiger partial charge >= 0.3 is 6.09 Å². The molecule has 1 rings (SSSR count). The summed E-state index contributed by atoms with van der Waals surface area (Å²) in [4.78, 5) is 11.5. The number of carbonyl (C=O) groups is 1. The van der Waals surface area contributed by atoms with Gasteiger partial charge in [0.15, 0.2) is 0 Å². The van der Waals surface area contributed by atoms with Crippen LogP contribution < -0.4 is 5.32 Å². The van der Waals surface area contributed by atoms with Gasteiger partial charge in [-0.2, -0.15) is 0 Å². The van der Waals surface area contributed by atoms with Gasteiger partial charge in [0.1, 0.15) is 5.60 Å². The molecule has 6 heteroatoms. The van der Waals surface area contributed by atoms with Crippen molar-refractivity contribution in [2.24, 2.45) is 0 Å². The smallest absolute Gasteiger partial charge is 0.407 e. The van der Waals surface area contributed by atoms with Gasteiger partial charge in [-0.3, -0.25) is 0 Å². The number of nitrogens with zero attached hydrogens (tertiary/aromatic N) is 1. The van der Waals surface area contributed by atoms with Crippen LogP contribution in [0.3, 0.4) is 0 Å². The van der Waals surface area contributed by atoms with Gasteiger partial charge in [-0.15, -0.1) is 0 Å². The van der Waals surface area contributed by atoms with Gasteiger partial charge in [0.05, 0.1) is 0 Å². The topological polar surface area (TPSA) is 41.6 Å². The highest BCUT2D eigenvalue weighted by molar-refractivity contribution is 8.19. The number of rotatable bonds is 2. The second-order valence-electron chi connectivity index (χ2n) is 4.92. The van der Waals surface area contributed by atoms with Crippen molar-refractivity contribution in [3.05, 3.63) is 0 Å². The number of carbonyl (C=O) groups excluding carboxylic acids is 1. The third-order valence-electron chi connectivity index (χ3n) is 2.27. The fraction of sp³-hybridized carbons (Fsp3) is 0.900. The van der Waals surface area contributed by atoms with Crippen LogP contribution in [0, 0.1) is 0 Å². The third kappa shape index (κ3) is 5.27. The molecule has 0 radical (unpaired) electrons. The first-order valence-electron chi connectivity index (χ1n) is 5.44. The van der Waals surface area contributed by atoms with Crippen molar-refractivity contribution >= 4 is 27.9 Å². The Balaban J connectivity index is 2.26. The molecule has 0 atom stereocenters. The maximum absolute atomic E-state index is 11.5.